The number of amides is 1. The van der Waals surface area contributed by atoms with Crippen LogP contribution in [0, 0.1) is 10.1 Å². The SMILES string of the molecule is CN(C(=O)C=Cc1ccc([N+](=O)[O-])cc1)c1ccc(S(=O)(=O)F)cc1. The molecule has 0 unspecified atom stereocenters. The first-order valence-corrected chi connectivity index (χ1v) is 8.32. The maximum Gasteiger partial charge on any atom is 0.332 e. The average Bonchev–Trinajstić information content (AvgIpc) is 2.58. The lowest BCUT2D eigenvalue weighted by molar-refractivity contribution is -0.384. The van der Waals surface area contributed by atoms with Crippen LogP contribution in [0.4, 0.5) is 15.3 Å². The van der Waals surface area contributed by atoms with E-state index in [1.807, 2.05) is 0 Å². The van der Waals surface area contributed by atoms with Gasteiger partial charge in [0.05, 0.1) is 9.82 Å². The fourth-order valence-electron chi connectivity index (χ4n) is 1.95. The quantitative estimate of drug-likeness (QED) is 0.352. The van der Waals surface area contributed by atoms with Crippen molar-refractivity contribution in [3.8, 4) is 0 Å². The molecule has 2 rings (SSSR count). The van der Waals surface area contributed by atoms with Gasteiger partial charge in [-0.3, -0.25) is 14.9 Å². The molecule has 1 amide bonds. The Morgan fingerprint density at radius 2 is 1.68 bits per heavy atom. The van der Waals surface area contributed by atoms with E-state index >= 15 is 0 Å². The molecule has 0 spiro atoms. The summed E-state index contributed by atoms with van der Waals surface area (Å²) in [7, 11) is -3.31. The first kappa shape index (κ1) is 18.3. The highest BCUT2D eigenvalue weighted by molar-refractivity contribution is 7.86. The third kappa shape index (κ3) is 4.70. The molecule has 0 aliphatic heterocycles. The van der Waals surface area contributed by atoms with Gasteiger partial charge in [0.25, 0.3) is 11.6 Å². The van der Waals surface area contributed by atoms with Crippen LogP contribution in [0.25, 0.3) is 6.08 Å². The van der Waals surface area contributed by atoms with Crippen LogP contribution in [0.1, 0.15) is 5.56 Å². The summed E-state index contributed by atoms with van der Waals surface area (Å²) in [5.74, 6) is -0.408. The Hall–Kier alpha value is -3.07. The van der Waals surface area contributed by atoms with E-state index in [-0.39, 0.29) is 5.69 Å². The van der Waals surface area contributed by atoms with Crippen LogP contribution in [0.5, 0.6) is 0 Å². The molecule has 0 N–H and O–H groups in total. The van der Waals surface area contributed by atoms with E-state index in [4.69, 9.17) is 0 Å². The van der Waals surface area contributed by atoms with Gasteiger partial charge < -0.3 is 4.90 Å². The van der Waals surface area contributed by atoms with Crippen molar-refractivity contribution in [2.75, 3.05) is 11.9 Å². The van der Waals surface area contributed by atoms with E-state index < -0.39 is 25.9 Å². The molecule has 25 heavy (non-hydrogen) atoms. The van der Waals surface area contributed by atoms with Crippen LogP contribution in [0.3, 0.4) is 0 Å². The number of carbonyl (C=O) groups is 1. The number of nitrogens with zero attached hydrogens (tertiary/aromatic N) is 2. The molecule has 0 fully saturated rings. The number of carbonyl (C=O) groups excluding carboxylic acids is 1. The van der Waals surface area contributed by atoms with E-state index in [0.717, 1.165) is 12.1 Å². The van der Waals surface area contributed by atoms with Crippen LogP contribution in [-0.4, -0.2) is 26.3 Å². The highest BCUT2D eigenvalue weighted by Crippen LogP contribution is 2.19. The minimum atomic E-state index is -4.79. The third-order valence-electron chi connectivity index (χ3n) is 3.36. The second-order valence-corrected chi connectivity index (χ2v) is 6.36. The lowest BCUT2D eigenvalue weighted by Gasteiger charge is -2.15. The summed E-state index contributed by atoms with van der Waals surface area (Å²) >= 11 is 0. The van der Waals surface area contributed by atoms with Gasteiger partial charge in [-0.05, 0) is 48.0 Å². The Bertz CT molecular complexity index is 922. The third-order valence-corrected chi connectivity index (χ3v) is 4.19. The normalized spacial score (nSPS) is 11.4. The first-order chi connectivity index (χ1) is 11.7. The van der Waals surface area contributed by atoms with Gasteiger partial charge in [0.1, 0.15) is 0 Å². The van der Waals surface area contributed by atoms with Gasteiger partial charge in [0.15, 0.2) is 0 Å². The van der Waals surface area contributed by atoms with Crippen LogP contribution in [0.15, 0.2) is 59.5 Å². The van der Waals surface area contributed by atoms with Gasteiger partial charge in [-0.1, -0.05) is 0 Å². The molecule has 0 heterocycles. The molecular formula is C16H13FN2O5S. The molecule has 0 aliphatic rings. The molecule has 2 aromatic rings. The van der Waals surface area contributed by atoms with Crippen molar-refractivity contribution in [3.05, 3.63) is 70.3 Å². The predicted molar refractivity (Wildman–Crippen MR) is 90.3 cm³/mol. The fourth-order valence-corrected chi connectivity index (χ4v) is 2.41. The van der Waals surface area contributed by atoms with Crippen molar-refractivity contribution < 1.29 is 22.0 Å². The van der Waals surface area contributed by atoms with Crippen molar-refractivity contribution >= 4 is 33.6 Å². The summed E-state index contributed by atoms with van der Waals surface area (Å²) in [6.45, 7) is 0. The number of likely N-dealkylation sites (N-methyl/N-ethyl adjacent to an activating group) is 1. The summed E-state index contributed by atoms with van der Waals surface area (Å²) in [5.41, 5.74) is 0.931. The number of halogens is 1. The summed E-state index contributed by atoms with van der Waals surface area (Å²) in [5, 5.41) is 10.6. The van der Waals surface area contributed by atoms with Crippen molar-refractivity contribution in [1.82, 2.24) is 0 Å². The molecule has 0 atom stereocenters. The summed E-state index contributed by atoms with van der Waals surface area (Å²) in [6, 6.07) is 10.4. The van der Waals surface area contributed by atoms with Crippen LogP contribution < -0.4 is 4.90 Å². The molecule has 0 radical (unpaired) electrons. The zero-order valence-corrected chi connectivity index (χ0v) is 13.8. The Morgan fingerprint density at radius 3 is 2.16 bits per heavy atom. The lowest BCUT2D eigenvalue weighted by atomic mass is 10.2. The Balaban J connectivity index is 2.10. The molecule has 2 aromatic carbocycles. The van der Waals surface area contributed by atoms with E-state index in [2.05, 4.69) is 0 Å². The number of hydrogen-bond donors (Lipinski definition) is 0. The van der Waals surface area contributed by atoms with Crippen molar-refractivity contribution in [3.63, 3.8) is 0 Å². The average molecular weight is 364 g/mol. The number of benzene rings is 2. The Kier molecular flexibility index (Phi) is 5.28. The zero-order chi connectivity index (χ0) is 18.6. The maximum absolute atomic E-state index is 12.8. The highest BCUT2D eigenvalue weighted by atomic mass is 32.3. The highest BCUT2D eigenvalue weighted by Gasteiger charge is 2.13. The van der Waals surface area contributed by atoms with Gasteiger partial charge in [-0.25, -0.2) is 0 Å². The summed E-state index contributed by atoms with van der Waals surface area (Å²) in [4.78, 5) is 22.9. The van der Waals surface area contributed by atoms with Crippen molar-refractivity contribution in [1.29, 1.82) is 0 Å². The van der Waals surface area contributed by atoms with Gasteiger partial charge in [-0.15, -0.1) is 3.89 Å². The maximum atomic E-state index is 12.8. The van der Waals surface area contributed by atoms with Gasteiger partial charge in [-0.2, -0.15) is 8.42 Å². The number of nitro groups is 1. The Morgan fingerprint density at radius 1 is 1.12 bits per heavy atom. The molecule has 0 aliphatic carbocycles. The molecule has 0 bridgehead atoms. The Labute approximate surface area is 143 Å². The minimum Gasteiger partial charge on any atom is -0.312 e. The van der Waals surface area contributed by atoms with Crippen molar-refractivity contribution in [2.24, 2.45) is 0 Å². The van der Waals surface area contributed by atoms with Gasteiger partial charge in [0.2, 0.25) is 0 Å². The van der Waals surface area contributed by atoms with E-state index in [1.54, 1.807) is 0 Å². The lowest BCUT2D eigenvalue weighted by Crippen LogP contribution is -2.23. The molecule has 130 valence electrons. The molecule has 7 nitrogen and oxygen atoms in total. The van der Waals surface area contributed by atoms with Gasteiger partial charge in [0, 0.05) is 30.9 Å². The number of non-ortho nitro benzene ring substituents is 1. The zero-order valence-electron chi connectivity index (χ0n) is 13.0. The van der Waals surface area contributed by atoms with E-state index in [0.29, 0.717) is 11.3 Å². The first-order valence-electron chi connectivity index (χ1n) is 6.93. The molecular weight excluding hydrogens is 351 g/mol. The van der Waals surface area contributed by atoms with E-state index in [1.165, 1.54) is 60.5 Å². The standard InChI is InChI=1S/C16H13FN2O5S/c1-18(13-7-9-15(10-8-13)25(17,23)24)16(20)11-4-12-2-5-14(6-3-12)19(21)22/h2-11H,1H3. The largest absolute Gasteiger partial charge is 0.332 e. The molecule has 0 saturated heterocycles. The molecule has 0 aromatic heterocycles. The van der Waals surface area contributed by atoms with Crippen LogP contribution in [-0.2, 0) is 15.0 Å². The minimum absolute atomic E-state index is 0.0523. The molecule has 9 heteroatoms. The summed E-state index contributed by atoms with van der Waals surface area (Å²) in [6.07, 6.45) is 2.75. The van der Waals surface area contributed by atoms with Crippen LogP contribution in [0.2, 0.25) is 0 Å². The smallest absolute Gasteiger partial charge is 0.312 e. The summed E-state index contributed by atoms with van der Waals surface area (Å²) < 4.78 is 34.4. The van der Waals surface area contributed by atoms with E-state index in [9.17, 15) is 27.2 Å². The number of hydrogen-bond acceptors (Lipinski definition) is 5. The van der Waals surface area contributed by atoms with Crippen LogP contribution >= 0.6 is 0 Å². The monoisotopic (exact) mass is 364 g/mol. The molecule has 0 saturated carbocycles. The second kappa shape index (κ2) is 7.22. The number of anilines is 1. The number of nitro benzene ring substituents is 1. The van der Waals surface area contributed by atoms with Crippen molar-refractivity contribution in [2.45, 2.75) is 4.90 Å². The second-order valence-electron chi connectivity index (χ2n) is 5.01. The predicted octanol–water partition coefficient (Wildman–Crippen LogP) is 2.93. The topological polar surface area (TPSA) is 97.6 Å². The van der Waals surface area contributed by atoms with Gasteiger partial charge >= 0.3 is 10.2 Å². The fraction of sp³-hybridized carbons (Fsp3) is 0.0625. The number of rotatable bonds is 5.